The molecule has 0 saturated carbocycles. The van der Waals surface area contributed by atoms with Gasteiger partial charge in [0.2, 0.25) is 0 Å². The Morgan fingerprint density at radius 3 is 1.54 bits per heavy atom. The van der Waals surface area contributed by atoms with Gasteiger partial charge in [-0.1, -0.05) is 153 Å². The van der Waals surface area contributed by atoms with Crippen LogP contribution in [0.4, 0.5) is 17.1 Å². The highest BCUT2D eigenvalue weighted by atomic mass is 32.1. The van der Waals surface area contributed by atoms with E-state index in [2.05, 4.69) is 168 Å². The van der Waals surface area contributed by atoms with E-state index in [0.29, 0.717) is 54.3 Å². The number of benzene rings is 5. The van der Waals surface area contributed by atoms with Gasteiger partial charge in [0.15, 0.2) is 23.0 Å². The second kappa shape index (κ2) is 22.9. The van der Waals surface area contributed by atoms with Gasteiger partial charge in [-0.15, -0.1) is 45.3 Å². The topological polar surface area (TPSA) is 101 Å². The van der Waals surface area contributed by atoms with Crippen molar-refractivity contribution in [3.63, 3.8) is 0 Å². The number of ether oxygens (including phenoxy) is 4. The van der Waals surface area contributed by atoms with E-state index in [-0.39, 0.29) is 16.4 Å². The molecular formula is C72H68N2O6S4. The van der Waals surface area contributed by atoms with Crippen LogP contribution in [-0.2, 0) is 28.5 Å². The predicted octanol–water partition coefficient (Wildman–Crippen LogP) is 20.5. The summed E-state index contributed by atoms with van der Waals surface area (Å²) in [5.74, 6) is 1.05. The fraction of sp³-hybridized carbons (Fsp3) is 0.306. The first-order chi connectivity index (χ1) is 40.9. The van der Waals surface area contributed by atoms with Crippen LogP contribution in [-0.4, -0.2) is 37.5 Å². The lowest BCUT2D eigenvalue weighted by Crippen LogP contribution is -2.18. The smallest absolute Gasteiger partial charge is 0.346 e. The molecule has 0 spiro atoms. The van der Waals surface area contributed by atoms with Crippen LogP contribution in [0.25, 0.3) is 68.0 Å². The third-order valence-electron chi connectivity index (χ3n) is 17.4. The molecule has 5 aromatic carbocycles. The number of carboxylic acids is 1. The Kier molecular flexibility index (Phi) is 15.2. The van der Waals surface area contributed by atoms with Crippen molar-refractivity contribution in [3.8, 4) is 91.0 Å². The highest BCUT2D eigenvalue weighted by molar-refractivity contribution is 7.29. The van der Waals surface area contributed by atoms with Crippen molar-refractivity contribution >= 4 is 74.5 Å². The molecule has 6 heterocycles. The molecule has 4 aliphatic rings. The lowest BCUT2D eigenvalue weighted by atomic mass is 9.82. The average Bonchev–Trinajstić information content (AvgIpc) is 1.87. The van der Waals surface area contributed by atoms with E-state index in [0.717, 1.165) is 62.3 Å². The molecule has 2 aliphatic carbocycles. The molecule has 0 radical (unpaired) electrons. The molecule has 4 aromatic heterocycles. The van der Waals surface area contributed by atoms with E-state index in [1.165, 1.54) is 132 Å². The summed E-state index contributed by atoms with van der Waals surface area (Å²) in [4.78, 5) is 22.6. The monoisotopic (exact) mass is 1180 g/mol. The molecule has 0 amide bonds. The largest absolute Gasteiger partial charge is 0.485 e. The Labute approximate surface area is 509 Å². The van der Waals surface area contributed by atoms with E-state index in [9.17, 15) is 15.2 Å². The van der Waals surface area contributed by atoms with Crippen LogP contribution < -0.4 is 23.8 Å². The second-order valence-corrected chi connectivity index (χ2v) is 27.7. The lowest BCUT2D eigenvalue weighted by Gasteiger charge is -2.30. The van der Waals surface area contributed by atoms with Gasteiger partial charge in [0, 0.05) is 47.4 Å². The van der Waals surface area contributed by atoms with Crippen LogP contribution in [0, 0.1) is 11.3 Å². The van der Waals surface area contributed by atoms with E-state index in [4.69, 9.17) is 18.9 Å². The summed E-state index contributed by atoms with van der Waals surface area (Å²) >= 11 is 6.70. The highest BCUT2D eigenvalue weighted by Gasteiger charge is 2.39. The first-order valence-corrected chi connectivity index (χ1v) is 33.0. The van der Waals surface area contributed by atoms with Gasteiger partial charge in [-0.3, -0.25) is 0 Å². The van der Waals surface area contributed by atoms with Crippen molar-refractivity contribution in [1.29, 1.82) is 5.26 Å². The molecule has 0 bridgehead atoms. The minimum absolute atomic E-state index is 0.149. The van der Waals surface area contributed by atoms with Crippen molar-refractivity contribution in [2.45, 2.75) is 117 Å². The standard InChI is InChI=1S/C72H68N2O6S4/c1-7-9-11-13-19-44-37-59(66-45(20-14-12-10-8-2)38-60(83-66)67-63-64(80-36-35-79-63)69(84-67)68-62-61(77-33-34-78-62)58(81-68)39-46(42-73)70(75)76)82-65(44)43-25-27-47(28-26-43)74(48-29-31-52-50-21-15-17-23-54(50)71(3,4)56(52)40-48)49-30-32-53-51-22-16-18-24-55(51)72(5,6)57(53)41-49/h15-18,21-32,37-41H,7-14,19-20,33-36H2,1-6H3,(H,75,76)/b46-39-. The Morgan fingerprint density at radius 1 is 0.524 bits per heavy atom. The maximum Gasteiger partial charge on any atom is 0.346 e. The van der Waals surface area contributed by atoms with Gasteiger partial charge in [0.05, 0.1) is 19.5 Å². The zero-order chi connectivity index (χ0) is 57.9. The molecular weight excluding hydrogens is 1120 g/mol. The molecule has 1 N–H and O–H groups in total. The van der Waals surface area contributed by atoms with Crippen molar-refractivity contribution in [3.05, 3.63) is 165 Å². The summed E-state index contributed by atoms with van der Waals surface area (Å²) < 4.78 is 25.4. The first kappa shape index (κ1) is 55.8. The number of nitriles is 1. The van der Waals surface area contributed by atoms with E-state index >= 15 is 0 Å². The molecule has 12 heteroatoms. The fourth-order valence-electron chi connectivity index (χ4n) is 13.0. The van der Waals surface area contributed by atoms with Crippen LogP contribution >= 0.6 is 45.3 Å². The zero-order valence-corrected chi connectivity index (χ0v) is 51.8. The minimum atomic E-state index is -1.30. The molecule has 0 atom stereocenters. The van der Waals surface area contributed by atoms with Crippen molar-refractivity contribution in [1.82, 2.24) is 0 Å². The number of carboxylic acid groups (broad SMARTS) is 1. The molecule has 8 nitrogen and oxygen atoms in total. The van der Waals surface area contributed by atoms with Gasteiger partial charge in [-0.25, -0.2) is 4.79 Å². The Balaban J connectivity index is 0.903. The van der Waals surface area contributed by atoms with E-state index in [1.807, 2.05) is 28.7 Å². The molecule has 0 saturated heterocycles. The summed E-state index contributed by atoms with van der Waals surface area (Å²) in [6.07, 6.45) is 12.7. The third-order valence-corrected chi connectivity index (χ3v) is 22.5. The highest BCUT2D eigenvalue weighted by Crippen LogP contribution is 2.62. The molecule has 0 fully saturated rings. The maximum absolute atomic E-state index is 12.0. The molecule has 84 heavy (non-hydrogen) atoms. The van der Waals surface area contributed by atoms with Gasteiger partial charge in [0.1, 0.15) is 38.1 Å². The van der Waals surface area contributed by atoms with Gasteiger partial charge in [-0.05, 0) is 141 Å². The number of aliphatic carboxylic acids is 1. The number of aryl methyl sites for hydroxylation is 2. The normalized spacial score (nSPS) is 14.8. The van der Waals surface area contributed by atoms with Crippen LogP contribution in [0.5, 0.6) is 23.0 Å². The fourth-order valence-corrected chi connectivity index (χ4v) is 18.1. The molecule has 0 unspecified atom stereocenters. The van der Waals surface area contributed by atoms with E-state index < -0.39 is 5.97 Å². The average molecular weight is 1190 g/mol. The predicted molar refractivity (Wildman–Crippen MR) is 348 cm³/mol. The summed E-state index contributed by atoms with van der Waals surface area (Å²) in [5.41, 5.74) is 17.4. The van der Waals surface area contributed by atoms with Crippen molar-refractivity contribution in [2.24, 2.45) is 0 Å². The number of fused-ring (bicyclic) bond motifs is 8. The Hall–Kier alpha value is -7.40. The molecule has 9 aromatic rings. The number of hydrogen-bond donors (Lipinski definition) is 1. The minimum Gasteiger partial charge on any atom is -0.485 e. The molecule has 13 rings (SSSR count). The van der Waals surface area contributed by atoms with Gasteiger partial charge >= 0.3 is 5.97 Å². The molecule has 2 aliphatic heterocycles. The Bertz CT molecular complexity index is 3980. The quantitative estimate of drug-likeness (QED) is 0.0485. The van der Waals surface area contributed by atoms with Crippen LogP contribution in [0.3, 0.4) is 0 Å². The number of hydrogen-bond acceptors (Lipinski definition) is 11. The number of nitrogens with zero attached hydrogens (tertiary/aromatic N) is 2. The summed E-state index contributed by atoms with van der Waals surface area (Å²) in [7, 11) is 0. The van der Waals surface area contributed by atoms with Crippen LogP contribution in [0.15, 0.2) is 127 Å². The number of carbonyl (C=O) groups is 1. The summed E-state index contributed by atoms with van der Waals surface area (Å²) in [6, 6.07) is 48.1. The Morgan fingerprint density at radius 2 is 0.988 bits per heavy atom. The SMILES string of the molecule is CCCCCCc1cc(-c2sc(-c3sc(-c4sc(/C=C(/C#N)C(=O)O)c5c4OCCO5)c4c3OCCO4)cc2CCCCCC)sc1-c1ccc(N(c2ccc3c(c2)C(C)(C)c2ccccc2-3)c2ccc3c(c2)C(C)(C)c2ccccc2-3)cc1. The number of anilines is 3. The lowest BCUT2D eigenvalue weighted by molar-refractivity contribution is -0.132. The number of thiophene rings is 4. The van der Waals surface area contributed by atoms with Gasteiger partial charge in [0.25, 0.3) is 0 Å². The van der Waals surface area contributed by atoms with Gasteiger partial charge in [-0.2, -0.15) is 5.26 Å². The van der Waals surface area contributed by atoms with Gasteiger partial charge < -0.3 is 29.0 Å². The summed E-state index contributed by atoms with van der Waals surface area (Å²) in [6.45, 7) is 15.5. The third kappa shape index (κ3) is 9.84. The summed E-state index contributed by atoms with van der Waals surface area (Å²) in [5, 5.41) is 19.5. The second-order valence-electron chi connectivity index (χ2n) is 23.5. The van der Waals surface area contributed by atoms with Crippen molar-refractivity contribution in [2.75, 3.05) is 31.3 Å². The maximum atomic E-state index is 12.0. The van der Waals surface area contributed by atoms with Crippen molar-refractivity contribution < 1.29 is 28.8 Å². The first-order valence-electron chi connectivity index (χ1n) is 29.7. The van der Waals surface area contributed by atoms with Crippen LogP contribution in [0.2, 0.25) is 0 Å². The number of rotatable bonds is 19. The zero-order valence-electron chi connectivity index (χ0n) is 48.5. The van der Waals surface area contributed by atoms with E-state index in [1.54, 1.807) is 11.3 Å². The molecule has 426 valence electrons. The van der Waals surface area contributed by atoms with Crippen LogP contribution in [0.1, 0.15) is 131 Å². The number of unbranched alkanes of at least 4 members (excludes halogenated alkanes) is 6.